The summed E-state index contributed by atoms with van der Waals surface area (Å²) in [6.07, 6.45) is -0.217. The summed E-state index contributed by atoms with van der Waals surface area (Å²) in [6.45, 7) is 5.70. The fourth-order valence-electron chi connectivity index (χ4n) is 5.73. The van der Waals surface area contributed by atoms with E-state index in [1.807, 2.05) is 19.9 Å². The number of nitrogens with two attached hydrogens (primary N) is 1. The van der Waals surface area contributed by atoms with Gasteiger partial charge >= 0.3 is 5.97 Å². The second kappa shape index (κ2) is 8.27. The molecule has 3 heterocycles. The van der Waals surface area contributed by atoms with E-state index in [1.54, 1.807) is 13.0 Å². The Balaban J connectivity index is 1.60. The fraction of sp³-hybridized carbons (Fsp3) is 0.346. The number of nitrogens with one attached hydrogen (secondary N) is 2. The van der Waals surface area contributed by atoms with Crippen molar-refractivity contribution in [1.29, 1.82) is 0 Å². The topological polar surface area (TPSA) is 148 Å². The Bertz CT molecular complexity index is 1340. The number of carbonyl (C=O) groups excluding carboxylic acids is 5. The molecular weight excluding hydrogens is 464 g/mol. The van der Waals surface area contributed by atoms with Crippen molar-refractivity contribution in [2.45, 2.75) is 38.8 Å². The molecule has 1 spiro atoms. The van der Waals surface area contributed by atoms with Crippen LogP contribution in [0.5, 0.6) is 0 Å². The molecule has 4 amide bonds. The van der Waals surface area contributed by atoms with Gasteiger partial charge < -0.3 is 15.8 Å². The third kappa shape index (κ3) is 3.17. The normalized spacial score (nSPS) is 26.2. The van der Waals surface area contributed by atoms with Gasteiger partial charge in [-0.1, -0.05) is 12.1 Å². The maximum Gasteiger partial charge on any atom is 0.338 e. The van der Waals surface area contributed by atoms with Crippen LogP contribution in [0.3, 0.4) is 0 Å². The number of primary amides is 1. The van der Waals surface area contributed by atoms with Crippen molar-refractivity contribution < 1.29 is 28.7 Å². The number of fused-ring (bicyclic) bond motifs is 4. The monoisotopic (exact) mass is 490 g/mol. The molecule has 2 unspecified atom stereocenters. The lowest BCUT2D eigenvalue weighted by Gasteiger charge is -2.29. The van der Waals surface area contributed by atoms with E-state index in [1.165, 1.54) is 24.3 Å². The van der Waals surface area contributed by atoms with E-state index in [-0.39, 0.29) is 24.3 Å². The Kier molecular flexibility index (Phi) is 5.44. The molecule has 10 nitrogen and oxygen atoms in total. The van der Waals surface area contributed by atoms with E-state index in [2.05, 4.69) is 10.6 Å². The average molecular weight is 491 g/mol. The molecule has 3 aliphatic heterocycles. The van der Waals surface area contributed by atoms with Crippen LogP contribution in [-0.4, -0.2) is 42.2 Å². The van der Waals surface area contributed by atoms with Crippen LogP contribution in [0.2, 0.25) is 0 Å². The highest BCUT2D eigenvalue weighted by Crippen LogP contribution is 2.54. The molecule has 0 radical (unpaired) electrons. The summed E-state index contributed by atoms with van der Waals surface area (Å²) in [7, 11) is 0. The van der Waals surface area contributed by atoms with Crippen LogP contribution in [-0.2, 0) is 29.5 Å². The molecule has 4 N–H and O–H groups in total. The third-order valence-corrected chi connectivity index (χ3v) is 7.48. The minimum atomic E-state index is -1.52. The highest BCUT2D eigenvalue weighted by atomic mass is 16.5. The number of carbonyl (C=O) groups is 5. The van der Waals surface area contributed by atoms with Crippen molar-refractivity contribution >= 4 is 41.0 Å². The quantitative estimate of drug-likeness (QED) is 0.422. The number of anilines is 2. The summed E-state index contributed by atoms with van der Waals surface area (Å²) in [5.41, 5.74) is 7.49. The fourth-order valence-corrected chi connectivity index (χ4v) is 5.73. The minimum Gasteiger partial charge on any atom is -0.462 e. The number of nitrogens with zero attached hydrogens (tertiary/aromatic N) is 1. The second-order valence-corrected chi connectivity index (χ2v) is 9.40. The van der Waals surface area contributed by atoms with Gasteiger partial charge in [-0.3, -0.25) is 24.5 Å². The van der Waals surface area contributed by atoms with E-state index in [9.17, 15) is 24.0 Å². The first-order valence-electron chi connectivity index (χ1n) is 11.7. The van der Waals surface area contributed by atoms with E-state index in [0.29, 0.717) is 11.3 Å². The zero-order valence-electron chi connectivity index (χ0n) is 20.1. The lowest BCUT2D eigenvalue weighted by atomic mass is 9.76. The Labute approximate surface area is 207 Å². The predicted octanol–water partition coefficient (Wildman–Crippen LogP) is 1.28. The summed E-state index contributed by atoms with van der Waals surface area (Å²) < 4.78 is 4.99. The molecule has 2 saturated heterocycles. The number of aryl methyl sites for hydroxylation is 1. The number of hydrogen-bond donors (Lipinski definition) is 3. The molecule has 2 fully saturated rings. The van der Waals surface area contributed by atoms with E-state index < -0.39 is 53.0 Å². The van der Waals surface area contributed by atoms with Gasteiger partial charge in [0.05, 0.1) is 29.7 Å². The molecule has 4 atom stereocenters. The van der Waals surface area contributed by atoms with Crippen LogP contribution in [0.25, 0.3) is 0 Å². The first-order chi connectivity index (χ1) is 17.1. The number of hydrogen-bond acceptors (Lipinski definition) is 7. The second-order valence-electron chi connectivity index (χ2n) is 9.40. The molecule has 36 heavy (non-hydrogen) atoms. The van der Waals surface area contributed by atoms with Crippen molar-refractivity contribution in [2.75, 3.05) is 16.8 Å². The van der Waals surface area contributed by atoms with Crippen LogP contribution in [0.15, 0.2) is 36.4 Å². The number of benzene rings is 2. The van der Waals surface area contributed by atoms with Crippen molar-refractivity contribution in [3.63, 3.8) is 0 Å². The van der Waals surface area contributed by atoms with Gasteiger partial charge in [-0.2, -0.15) is 0 Å². The summed E-state index contributed by atoms with van der Waals surface area (Å²) in [5, 5.41) is 6.08. The van der Waals surface area contributed by atoms with Gasteiger partial charge in [0.1, 0.15) is 5.54 Å². The van der Waals surface area contributed by atoms with Gasteiger partial charge in [0.2, 0.25) is 23.6 Å². The van der Waals surface area contributed by atoms with E-state index in [0.717, 1.165) is 16.0 Å². The smallest absolute Gasteiger partial charge is 0.338 e. The van der Waals surface area contributed by atoms with Crippen LogP contribution in [0.4, 0.5) is 11.4 Å². The van der Waals surface area contributed by atoms with Crippen molar-refractivity contribution in [1.82, 2.24) is 5.32 Å². The number of imide groups is 1. The molecule has 0 aliphatic carbocycles. The zero-order valence-corrected chi connectivity index (χ0v) is 20.1. The maximum atomic E-state index is 13.9. The molecule has 186 valence electrons. The largest absolute Gasteiger partial charge is 0.462 e. The highest BCUT2D eigenvalue weighted by Gasteiger charge is 2.70. The van der Waals surface area contributed by atoms with Crippen LogP contribution < -0.4 is 21.3 Å². The number of ether oxygens (including phenoxy) is 1. The molecule has 0 aromatic heterocycles. The number of amides is 4. The lowest BCUT2D eigenvalue weighted by molar-refractivity contribution is -0.130. The molecule has 0 bridgehead atoms. The van der Waals surface area contributed by atoms with Crippen molar-refractivity contribution in [2.24, 2.45) is 17.6 Å². The standard InChI is InChI=1S/C26H26N4O6/c1-4-36-24(34)14-6-8-15(9-7-14)30-22(32)19-17(11-18(27)31)29-26(20(19)23(30)33)16-10-5-12(2)13(3)21(16)28-25(26)35/h5-10,17,19-20,29H,4,11H2,1-3H3,(H2,27,31)(H,28,35)/t17?,19-,20+,26?/m1/s1. The van der Waals surface area contributed by atoms with Crippen molar-refractivity contribution in [3.8, 4) is 0 Å². The zero-order chi connectivity index (χ0) is 25.9. The first-order valence-corrected chi connectivity index (χ1v) is 11.7. The van der Waals surface area contributed by atoms with Gasteiger partial charge in [-0.15, -0.1) is 0 Å². The summed E-state index contributed by atoms with van der Waals surface area (Å²) >= 11 is 0. The molecule has 2 aromatic carbocycles. The molecular formula is C26H26N4O6. The Morgan fingerprint density at radius 3 is 2.39 bits per heavy atom. The van der Waals surface area contributed by atoms with Crippen LogP contribution >= 0.6 is 0 Å². The maximum absolute atomic E-state index is 13.9. The number of esters is 1. The van der Waals surface area contributed by atoms with Gasteiger partial charge in [0.25, 0.3) is 0 Å². The SMILES string of the molecule is CCOC(=O)c1ccc(N2C(=O)[C@@H]3C(CC(N)=O)NC4(C(=O)Nc5c4ccc(C)c5C)[C@@H]3C2=O)cc1. The lowest BCUT2D eigenvalue weighted by Crippen LogP contribution is -2.53. The molecule has 5 rings (SSSR count). The molecule has 3 aliphatic rings. The minimum absolute atomic E-state index is 0.214. The van der Waals surface area contributed by atoms with Gasteiger partial charge in [0.15, 0.2) is 0 Å². The van der Waals surface area contributed by atoms with Gasteiger partial charge in [0, 0.05) is 23.7 Å². The van der Waals surface area contributed by atoms with E-state index >= 15 is 0 Å². The first kappa shape index (κ1) is 23.7. The van der Waals surface area contributed by atoms with Gasteiger partial charge in [-0.05, 0) is 56.2 Å². The predicted molar refractivity (Wildman–Crippen MR) is 129 cm³/mol. The summed E-state index contributed by atoms with van der Waals surface area (Å²) in [4.78, 5) is 66.1. The summed E-state index contributed by atoms with van der Waals surface area (Å²) in [6, 6.07) is 8.75. The average Bonchev–Trinajstić information content (AvgIpc) is 3.41. The Morgan fingerprint density at radius 1 is 1.06 bits per heavy atom. The Morgan fingerprint density at radius 2 is 1.75 bits per heavy atom. The van der Waals surface area contributed by atoms with Crippen LogP contribution in [0.1, 0.15) is 40.4 Å². The van der Waals surface area contributed by atoms with E-state index in [4.69, 9.17) is 10.5 Å². The highest BCUT2D eigenvalue weighted by molar-refractivity contribution is 6.26. The molecule has 0 saturated carbocycles. The van der Waals surface area contributed by atoms with Gasteiger partial charge in [-0.25, -0.2) is 9.69 Å². The third-order valence-electron chi connectivity index (χ3n) is 7.48. The Hall–Kier alpha value is -4.05. The number of rotatable bonds is 5. The molecule has 10 heteroatoms. The molecule has 2 aromatic rings. The van der Waals surface area contributed by atoms with Crippen molar-refractivity contribution in [3.05, 3.63) is 58.7 Å². The summed E-state index contributed by atoms with van der Waals surface area (Å²) in [5.74, 6) is -4.78. The van der Waals surface area contributed by atoms with Crippen LogP contribution in [0, 0.1) is 25.7 Å².